The summed E-state index contributed by atoms with van der Waals surface area (Å²) in [5, 5.41) is 7.42. The third kappa shape index (κ3) is 2.40. The summed E-state index contributed by atoms with van der Waals surface area (Å²) < 4.78 is 5.21. The molecule has 0 aliphatic carbocycles. The Morgan fingerprint density at radius 3 is 2.79 bits per heavy atom. The Bertz CT molecular complexity index is 534. The van der Waals surface area contributed by atoms with E-state index in [1.54, 1.807) is 0 Å². The van der Waals surface area contributed by atoms with Gasteiger partial charge in [-0.25, -0.2) is 0 Å². The van der Waals surface area contributed by atoms with Crippen LogP contribution in [0.3, 0.4) is 0 Å². The van der Waals surface area contributed by atoms with E-state index in [-0.39, 0.29) is 0 Å². The second-order valence-corrected chi connectivity index (χ2v) is 5.21. The monoisotopic (exact) mass is 257 g/mol. The van der Waals surface area contributed by atoms with Gasteiger partial charge in [-0.3, -0.25) is 4.98 Å². The lowest BCUT2D eigenvalue weighted by atomic mass is 9.95. The number of nitrogens with one attached hydrogen (secondary N) is 1. The molecule has 4 nitrogen and oxygen atoms in total. The molecule has 0 bridgehead atoms. The first-order chi connectivity index (χ1) is 9.25. The van der Waals surface area contributed by atoms with Crippen molar-refractivity contribution in [2.75, 3.05) is 13.1 Å². The second-order valence-electron chi connectivity index (χ2n) is 5.21. The van der Waals surface area contributed by atoms with Gasteiger partial charge in [-0.1, -0.05) is 11.2 Å². The molecule has 1 atom stereocenters. The van der Waals surface area contributed by atoms with Crippen LogP contribution in [0.2, 0.25) is 0 Å². The number of aromatic nitrogens is 2. The molecule has 2 aromatic heterocycles. The van der Waals surface area contributed by atoms with Gasteiger partial charge in [0.15, 0.2) is 0 Å². The number of hydrogen-bond acceptors (Lipinski definition) is 4. The number of hydrogen-bond donors (Lipinski definition) is 1. The Morgan fingerprint density at radius 2 is 2.21 bits per heavy atom. The molecule has 0 radical (unpaired) electrons. The van der Waals surface area contributed by atoms with Crippen LogP contribution in [0.25, 0.3) is 11.1 Å². The van der Waals surface area contributed by atoms with E-state index in [0.29, 0.717) is 5.92 Å². The van der Waals surface area contributed by atoms with Crippen LogP contribution in [0.5, 0.6) is 0 Å². The Hall–Kier alpha value is -1.68. The van der Waals surface area contributed by atoms with Gasteiger partial charge in [0.25, 0.3) is 0 Å². The van der Waals surface area contributed by atoms with Crippen molar-refractivity contribution in [3.05, 3.63) is 35.5 Å². The fourth-order valence-corrected chi connectivity index (χ4v) is 2.79. The van der Waals surface area contributed by atoms with Crippen LogP contribution < -0.4 is 5.32 Å². The van der Waals surface area contributed by atoms with E-state index in [9.17, 15) is 0 Å². The van der Waals surface area contributed by atoms with Crippen LogP contribution in [-0.4, -0.2) is 23.2 Å². The van der Waals surface area contributed by atoms with E-state index in [4.69, 9.17) is 4.52 Å². The predicted octanol–water partition coefficient (Wildman–Crippen LogP) is 2.82. The van der Waals surface area contributed by atoms with Gasteiger partial charge in [0.2, 0.25) is 0 Å². The number of aryl methyl sites for hydroxylation is 2. The zero-order valence-electron chi connectivity index (χ0n) is 11.4. The Balaban J connectivity index is 1.86. The molecule has 0 aromatic carbocycles. The quantitative estimate of drug-likeness (QED) is 0.898. The molecule has 1 aliphatic rings. The normalized spacial score (nSPS) is 19.6. The summed E-state index contributed by atoms with van der Waals surface area (Å²) >= 11 is 0. The molecular weight excluding hydrogens is 238 g/mol. The molecule has 4 heteroatoms. The highest BCUT2D eigenvalue weighted by molar-refractivity contribution is 5.66. The zero-order chi connectivity index (χ0) is 13.2. The number of rotatable bonds is 2. The summed E-state index contributed by atoms with van der Waals surface area (Å²) in [5.74, 6) is 1.40. The van der Waals surface area contributed by atoms with E-state index in [1.165, 1.54) is 18.5 Å². The third-order valence-corrected chi connectivity index (χ3v) is 3.82. The molecular formula is C15H19N3O. The number of nitrogens with zero attached hydrogens (tertiary/aromatic N) is 2. The van der Waals surface area contributed by atoms with Gasteiger partial charge in [-0.2, -0.15) is 0 Å². The highest BCUT2D eigenvalue weighted by Gasteiger charge is 2.17. The van der Waals surface area contributed by atoms with Crippen LogP contribution in [0, 0.1) is 13.8 Å². The van der Waals surface area contributed by atoms with Crippen LogP contribution in [-0.2, 0) is 0 Å². The Morgan fingerprint density at radius 1 is 1.32 bits per heavy atom. The maximum absolute atomic E-state index is 5.21. The first-order valence-corrected chi connectivity index (χ1v) is 6.85. The molecule has 1 saturated heterocycles. The molecule has 0 spiro atoms. The molecule has 3 heterocycles. The SMILES string of the molecule is Cc1noc(C)c1-c1ccc([C@@H]2CCCNC2)nc1. The van der Waals surface area contributed by atoms with Gasteiger partial charge in [0.1, 0.15) is 5.76 Å². The highest BCUT2D eigenvalue weighted by atomic mass is 16.5. The standard InChI is InChI=1S/C15H19N3O/c1-10-15(11(2)19-18-10)13-5-6-14(17-9-13)12-4-3-7-16-8-12/h5-6,9,12,16H,3-4,7-8H2,1-2H3/t12-/m1/s1. The second kappa shape index (κ2) is 5.13. The summed E-state index contributed by atoms with van der Waals surface area (Å²) in [6.07, 6.45) is 4.40. The summed E-state index contributed by atoms with van der Waals surface area (Å²) in [6.45, 7) is 6.07. The van der Waals surface area contributed by atoms with Gasteiger partial charge in [-0.05, 0) is 39.3 Å². The molecule has 1 aliphatic heterocycles. The van der Waals surface area contributed by atoms with Crippen LogP contribution >= 0.6 is 0 Å². The van der Waals surface area contributed by atoms with Crippen molar-refractivity contribution in [2.24, 2.45) is 0 Å². The molecule has 100 valence electrons. The van der Waals surface area contributed by atoms with E-state index in [1.807, 2.05) is 20.0 Å². The molecule has 0 unspecified atom stereocenters. The first kappa shape index (κ1) is 12.4. The summed E-state index contributed by atoms with van der Waals surface area (Å²) in [7, 11) is 0. The minimum absolute atomic E-state index is 0.549. The van der Waals surface area contributed by atoms with E-state index in [2.05, 4.69) is 27.6 Å². The van der Waals surface area contributed by atoms with Crippen LogP contribution in [0.15, 0.2) is 22.9 Å². The van der Waals surface area contributed by atoms with Gasteiger partial charge in [0, 0.05) is 35.5 Å². The smallest absolute Gasteiger partial charge is 0.141 e. The number of piperidine rings is 1. The van der Waals surface area contributed by atoms with Gasteiger partial charge in [-0.15, -0.1) is 0 Å². The van der Waals surface area contributed by atoms with Crippen molar-refractivity contribution in [2.45, 2.75) is 32.6 Å². The average Bonchev–Trinajstić information content (AvgIpc) is 2.79. The molecule has 1 N–H and O–H groups in total. The van der Waals surface area contributed by atoms with Crippen LogP contribution in [0.4, 0.5) is 0 Å². The fourth-order valence-electron chi connectivity index (χ4n) is 2.79. The van der Waals surface area contributed by atoms with E-state index in [0.717, 1.165) is 35.7 Å². The minimum Gasteiger partial charge on any atom is -0.361 e. The lowest BCUT2D eigenvalue weighted by Crippen LogP contribution is -2.28. The van der Waals surface area contributed by atoms with Crippen molar-refractivity contribution in [3.63, 3.8) is 0 Å². The molecule has 0 amide bonds. The Kier molecular flexibility index (Phi) is 3.34. The van der Waals surface area contributed by atoms with Crippen molar-refractivity contribution in [3.8, 4) is 11.1 Å². The zero-order valence-corrected chi connectivity index (χ0v) is 11.4. The third-order valence-electron chi connectivity index (χ3n) is 3.82. The predicted molar refractivity (Wildman–Crippen MR) is 74.1 cm³/mol. The molecule has 0 saturated carbocycles. The van der Waals surface area contributed by atoms with Gasteiger partial charge in [0.05, 0.1) is 5.69 Å². The largest absolute Gasteiger partial charge is 0.361 e. The maximum atomic E-state index is 5.21. The highest BCUT2D eigenvalue weighted by Crippen LogP contribution is 2.28. The summed E-state index contributed by atoms with van der Waals surface area (Å²) in [4.78, 5) is 4.63. The van der Waals surface area contributed by atoms with Gasteiger partial charge >= 0.3 is 0 Å². The molecule has 3 rings (SSSR count). The maximum Gasteiger partial charge on any atom is 0.141 e. The minimum atomic E-state index is 0.549. The molecule has 1 fully saturated rings. The lowest BCUT2D eigenvalue weighted by molar-refractivity contribution is 0.393. The Labute approximate surface area is 113 Å². The average molecular weight is 257 g/mol. The topological polar surface area (TPSA) is 51.0 Å². The molecule has 2 aromatic rings. The van der Waals surface area contributed by atoms with Gasteiger partial charge < -0.3 is 9.84 Å². The lowest BCUT2D eigenvalue weighted by Gasteiger charge is -2.22. The van der Waals surface area contributed by atoms with Crippen molar-refractivity contribution in [1.82, 2.24) is 15.5 Å². The summed E-state index contributed by atoms with van der Waals surface area (Å²) in [5.41, 5.74) is 4.26. The summed E-state index contributed by atoms with van der Waals surface area (Å²) in [6, 6.07) is 4.27. The van der Waals surface area contributed by atoms with Crippen molar-refractivity contribution < 1.29 is 4.52 Å². The van der Waals surface area contributed by atoms with Crippen molar-refractivity contribution >= 4 is 0 Å². The van der Waals surface area contributed by atoms with E-state index < -0.39 is 0 Å². The van der Waals surface area contributed by atoms with Crippen LogP contribution in [0.1, 0.15) is 35.9 Å². The van der Waals surface area contributed by atoms with Crippen molar-refractivity contribution in [1.29, 1.82) is 0 Å². The molecule has 19 heavy (non-hydrogen) atoms. The first-order valence-electron chi connectivity index (χ1n) is 6.85. The number of pyridine rings is 1. The van der Waals surface area contributed by atoms with E-state index >= 15 is 0 Å². The fraction of sp³-hybridized carbons (Fsp3) is 0.467.